The molecule has 2 N–H and O–H groups in total. The van der Waals surface area contributed by atoms with E-state index in [-0.39, 0.29) is 0 Å². The van der Waals surface area contributed by atoms with Crippen LogP contribution in [0.5, 0.6) is 0 Å². The Morgan fingerprint density at radius 2 is 1.90 bits per heavy atom. The van der Waals surface area contributed by atoms with Crippen molar-refractivity contribution in [1.82, 2.24) is 0 Å². The first kappa shape index (κ1) is 14.9. The number of benzene rings is 2. The highest BCUT2D eigenvalue weighted by Gasteiger charge is 2.08. The van der Waals surface area contributed by atoms with E-state index in [1.54, 1.807) is 0 Å². The van der Waals surface area contributed by atoms with E-state index in [9.17, 15) is 0 Å². The molecule has 0 aliphatic carbocycles. The third kappa shape index (κ3) is 3.53. The van der Waals surface area contributed by atoms with Crippen LogP contribution in [0.1, 0.15) is 16.7 Å². The van der Waals surface area contributed by atoms with Gasteiger partial charge in [-0.15, -0.1) is 0 Å². The van der Waals surface area contributed by atoms with E-state index < -0.39 is 0 Å². The zero-order valence-electron chi connectivity index (χ0n) is 12.1. The van der Waals surface area contributed by atoms with Crippen molar-refractivity contribution < 1.29 is 0 Å². The lowest BCUT2D eigenvalue weighted by Gasteiger charge is -2.22. The molecule has 2 aromatic carbocycles. The Morgan fingerprint density at radius 3 is 2.55 bits per heavy atom. The average Bonchev–Trinajstić information content (AvgIpc) is 2.42. The van der Waals surface area contributed by atoms with Crippen molar-refractivity contribution in [2.24, 2.45) is 5.73 Å². The van der Waals surface area contributed by atoms with Gasteiger partial charge in [0.15, 0.2) is 0 Å². The second kappa shape index (κ2) is 6.78. The fourth-order valence-corrected chi connectivity index (χ4v) is 2.63. The van der Waals surface area contributed by atoms with Crippen molar-refractivity contribution in [3.63, 3.8) is 0 Å². The lowest BCUT2D eigenvalue weighted by atomic mass is 10.1. The Balaban J connectivity index is 2.17. The van der Waals surface area contributed by atoms with Crippen molar-refractivity contribution in [1.29, 1.82) is 0 Å². The summed E-state index contributed by atoms with van der Waals surface area (Å²) in [7, 11) is 2.09. The second-order valence-electron chi connectivity index (χ2n) is 5.11. The summed E-state index contributed by atoms with van der Waals surface area (Å²) in [4.78, 5) is 2.22. The van der Waals surface area contributed by atoms with Crippen LogP contribution in [0.3, 0.4) is 0 Å². The van der Waals surface area contributed by atoms with E-state index in [0.29, 0.717) is 6.54 Å². The van der Waals surface area contributed by atoms with Gasteiger partial charge in [-0.3, -0.25) is 0 Å². The van der Waals surface area contributed by atoms with E-state index in [1.807, 2.05) is 18.2 Å². The molecule has 0 aliphatic heterocycles. The molecular formula is C17H21ClN2. The van der Waals surface area contributed by atoms with Crippen LogP contribution >= 0.6 is 11.6 Å². The topological polar surface area (TPSA) is 29.3 Å². The number of nitrogens with zero attached hydrogens (tertiary/aromatic N) is 1. The summed E-state index contributed by atoms with van der Waals surface area (Å²) in [5.74, 6) is 0. The number of hydrogen-bond acceptors (Lipinski definition) is 2. The highest BCUT2D eigenvalue weighted by Crippen LogP contribution is 2.24. The molecule has 0 unspecified atom stereocenters. The summed E-state index contributed by atoms with van der Waals surface area (Å²) < 4.78 is 0. The summed E-state index contributed by atoms with van der Waals surface area (Å²) in [6.45, 7) is 3.63. The summed E-state index contributed by atoms with van der Waals surface area (Å²) in [5.41, 5.74) is 10.5. The molecule has 0 saturated heterocycles. The first-order valence-electron chi connectivity index (χ1n) is 6.86. The quantitative estimate of drug-likeness (QED) is 0.907. The van der Waals surface area contributed by atoms with Crippen LogP contribution in [0.2, 0.25) is 5.02 Å². The fourth-order valence-electron chi connectivity index (χ4n) is 2.44. The fraction of sp³-hybridized carbons (Fsp3) is 0.294. The van der Waals surface area contributed by atoms with Gasteiger partial charge in [-0.2, -0.15) is 0 Å². The molecule has 0 fully saturated rings. The zero-order valence-corrected chi connectivity index (χ0v) is 12.8. The summed E-state index contributed by atoms with van der Waals surface area (Å²) in [5, 5.41) is 0.816. The predicted octanol–water partition coefficient (Wildman–Crippen LogP) is 3.79. The molecule has 0 radical (unpaired) electrons. The molecule has 0 atom stereocenters. The molecule has 0 amide bonds. The Kier molecular flexibility index (Phi) is 5.05. The number of nitrogens with two attached hydrogens (primary N) is 1. The van der Waals surface area contributed by atoms with Crippen molar-refractivity contribution >= 4 is 17.3 Å². The lowest BCUT2D eigenvalue weighted by Crippen LogP contribution is -2.17. The lowest BCUT2D eigenvalue weighted by molar-refractivity contribution is 0.912. The smallest absolute Gasteiger partial charge is 0.0455 e. The van der Waals surface area contributed by atoms with Crippen molar-refractivity contribution in [3.05, 3.63) is 64.2 Å². The Hall–Kier alpha value is -1.51. The van der Waals surface area contributed by atoms with Crippen LogP contribution in [-0.4, -0.2) is 13.6 Å². The average molecular weight is 289 g/mol. The molecule has 0 aromatic heterocycles. The van der Waals surface area contributed by atoms with Crippen LogP contribution in [-0.2, 0) is 13.0 Å². The third-order valence-electron chi connectivity index (χ3n) is 3.47. The van der Waals surface area contributed by atoms with Crippen LogP contribution in [0.15, 0.2) is 42.5 Å². The maximum atomic E-state index is 6.22. The van der Waals surface area contributed by atoms with Crippen LogP contribution in [0, 0.1) is 6.92 Å². The van der Waals surface area contributed by atoms with Gasteiger partial charge < -0.3 is 10.6 Å². The molecule has 3 heteroatoms. The van der Waals surface area contributed by atoms with Gasteiger partial charge in [0, 0.05) is 24.3 Å². The van der Waals surface area contributed by atoms with Crippen molar-refractivity contribution in [3.8, 4) is 0 Å². The van der Waals surface area contributed by atoms with E-state index in [4.69, 9.17) is 17.3 Å². The van der Waals surface area contributed by atoms with E-state index in [2.05, 4.69) is 43.1 Å². The van der Waals surface area contributed by atoms with Gasteiger partial charge in [-0.05, 0) is 48.7 Å². The normalized spacial score (nSPS) is 10.6. The largest absolute Gasteiger partial charge is 0.370 e. The maximum absolute atomic E-state index is 6.22. The first-order valence-corrected chi connectivity index (χ1v) is 7.23. The van der Waals surface area contributed by atoms with Gasteiger partial charge in [-0.25, -0.2) is 0 Å². The maximum Gasteiger partial charge on any atom is 0.0455 e. The summed E-state index contributed by atoms with van der Waals surface area (Å²) in [6.07, 6.45) is 0.926. The molecule has 106 valence electrons. The number of halogens is 1. The van der Waals surface area contributed by atoms with Gasteiger partial charge >= 0.3 is 0 Å². The Labute approximate surface area is 126 Å². The predicted molar refractivity (Wildman–Crippen MR) is 87.5 cm³/mol. The number of anilines is 1. The standard InChI is InChI=1S/C17H21ClN2/c1-13-11-14(9-10-19)7-8-17(13)20(2)12-15-5-3-4-6-16(15)18/h3-8,11H,9-10,12,19H2,1-2H3. The van der Waals surface area contributed by atoms with Gasteiger partial charge in [-0.1, -0.05) is 41.9 Å². The Morgan fingerprint density at radius 1 is 1.15 bits per heavy atom. The number of rotatable bonds is 5. The van der Waals surface area contributed by atoms with Gasteiger partial charge in [0.05, 0.1) is 0 Å². The van der Waals surface area contributed by atoms with E-state index >= 15 is 0 Å². The summed E-state index contributed by atoms with van der Waals surface area (Å²) in [6, 6.07) is 14.5. The number of aryl methyl sites for hydroxylation is 1. The SMILES string of the molecule is Cc1cc(CCN)ccc1N(C)Cc1ccccc1Cl. The molecular weight excluding hydrogens is 268 g/mol. The molecule has 2 nitrogen and oxygen atoms in total. The molecule has 0 bridgehead atoms. The van der Waals surface area contributed by atoms with Crippen LogP contribution in [0.4, 0.5) is 5.69 Å². The minimum Gasteiger partial charge on any atom is -0.370 e. The highest BCUT2D eigenvalue weighted by molar-refractivity contribution is 6.31. The van der Waals surface area contributed by atoms with Crippen LogP contribution in [0.25, 0.3) is 0 Å². The van der Waals surface area contributed by atoms with Crippen molar-refractivity contribution in [2.75, 3.05) is 18.5 Å². The van der Waals surface area contributed by atoms with Crippen molar-refractivity contribution in [2.45, 2.75) is 19.9 Å². The monoisotopic (exact) mass is 288 g/mol. The van der Waals surface area contributed by atoms with Gasteiger partial charge in [0.2, 0.25) is 0 Å². The van der Waals surface area contributed by atoms with E-state index in [1.165, 1.54) is 16.8 Å². The highest BCUT2D eigenvalue weighted by atomic mass is 35.5. The van der Waals surface area contributed by atoms with Crippen LogP contribution < -0.4 is 10.6 Å². The summed E-state index contributed by atoms with van der Waals surface area (Å²) >= 11 is 6.22. The molecule has 2 aromatic rings. The zero-order chi connectivity index (χ0) is 14.5. The molecule has 0 aliphatic rings. The minimum atomic E-state index is 0.689. The van der Waals surface area contributed by atoms with Gasteiger partial charge in [0.25, 0.3) is 0 Å². The molecule has 2 rings (SSSR count). The number of hydrogen-bond donors (Lipinski definition) is 1. The molecule has 0 spiro atoms. The third-order valence-corrected chi connectivity index (χ3v) is 3.84. The minimum absolute atomic E-state index is 0.689. The first-order chi connectivity index (χ1) is 9.61. The molecule has 0 saturated carbocycles. The second-order valence-corrected chi connectivity index (χ2v) is 5.51. The molecule has 0 heterocycles. The van der Waals surface area contributed by atoms with E-state index in [0.717, 1.165) is 23.6 Å². The molecule has 20 heavy (non-hydrogen) atoms. The Bertz CT molecular complexity index is 581. The van der Waals surface area contributed by atoms with Gasteiger partial charge in [0.1, 0.15) is 0 Å².